The molecule has 3 atom stereocenters. The second-order valence-electron chi connectivity index (χ2n) is 8.47. The molecule has 0 saturated heterocycles. The second-order valence-corrected chi connectivity index (χ2v) is 10.9. The van der Waals surface area contributed by atoms with E-state index in [-0.39, 0.29) is 29.9 Å². The minimum absolute atomic E-state index is 0.0872. The van der Waals surface area contributed by atoms with Gasteiger partial charge in [-0.3, -0.25) is 14.1 Å². The quantitative estimate of drug-likeness (QED) is 0.399. The fourth-order valence-electron chi connectivity index (χ4n) is 4.29. The van der Waals surface area contributed by atoms with E-state index in [2.05, 4.69) is 24.9 Å². The molecule has 1 N–H and O–H groups in total. The molecule has 4 rings (SSSR count). The van der Waals surface area contributed by atoms with E-state index in [0.29, 0.717) is 40.9 Å². The minimum atomic E-state index is -4.13. The number of anilines is 1. The number of hydrogen-bond donors (Lipinski definition) is 1. The number of halogens is 1. The lowest BCUT2D eigenvalue weighted by atomic mass is 10.1. The molecule has 1 aromatic carbocycles. The molecule has 1 aliphatic carbocycles. The molecule has 3 aromatic rings. The van der Waals surface area contributed by atoms with Crippen molar-refractivity contribution in [2.24, 2.45) is 0 Å². The first-order valence-electron chi connectivity index (χ1n) is 11.4. The molecule has 0 aliphatic heterocycles. The van der Waals surface area contributed by atoms with Crippen molar-refractivity contribution >= 4 is 33.4 Å². The number of Topliss-reactive ketones (excluding diaryl/α,β-unsaturated/α-hetero) is 1. The van der Waals surface area contributed by atoms with Crippen molar-refractivity contribution < 1.29 is 27.4 Å². The normalized spacial score (nSPS) is 17.4. The lowest BCUT2D eigenvalue weighted by molar-refractivity contribution is -0.117. The molecule has 2 unspecified atom stereocenters. The summed E-state index contributed by atoms with van der Waals surface area (Å²) >= 11 is 5.87. The van der Waals surface area contributed by atoms with Crippen LogP contribution in [0.2, 0.25) is 5.02 Å². The van der Waals surface area contributed by atoms with Crippen molar-refractivity contribution in [3.63, 3.8) is 0 Å². The molecular weight excluding hydrogens is 524 g/mol. The van der Waals surface area contributed by atoms with Gasteiger partial charge in [0, 0.05) is 38.3 Å². The first-order chi connectivity index (χ1) is 17.7. The lowest BCUT2D eigenvalue weighted by Crippen LogP contribution is -2.33. The maximum Gasteiger partial charge on any atom is 0.243 e. The molecule has 1 fully saturated rings. The van der Waals surface area contributed by atoms with Crippen molar-refractivity contribution in [1.29, 1.82) is 0 Å². The Kier molecular flexibility index (Phi) is 7.95. The van der Waals surface area contributed by atoms with E-state index in [4.69, 9.17) is 25.8 Å². The zero-order chi connectivity index (χ0) is 26.7. The van der Waals surface area contributed by atoms with Gasteiger partial charge in [-0.1, -0.05) is 17.7 Å². The highest BCUT2D eigenvalue weighted by molar-refractivity contribution is 7.93. The summed E-state index contributed by atoms with van der Waals surface area (Å²) in [7, 11) is 0.211. The van der Waals surface area contributed by atoms with Gasteiger partial charge in [-0.2, -0.15) is 0 Å². The molecule has 198 valence electrons. The Morgan fingerprint density at radius 3 is 2.30 bits per heavy atom. The number of sulfonamides is 1. The Labute approximate surface area is 219 Å². The summed E-state index contributed by atoms with van der Waals surface area (Å²) in [5.41, 5.74) is 0.404. The summed E-state index contributed by atoms with van der Waals surface area (Å²) in [6.07, 6.45) is 2.98. The number of ether oxygens (including phenoxy) is 3. The van der Waals surface area contributed by atoms with Crippen LogP contribution in [0.15, 0.2) is 30.6 Å². The molecule has 1 saturated carbocycles. The first-order valence-corrected chi connectivity index (χ1v) is 13.3. The number of ketones is 1. The van der Waals surface area contributed by atoms with E-state index in [1.165, 1.54) is 45.2 Å². The minimum Gasteiger partial charge on any atom is -0.494 e. The van der Waals surface area contributed by atoms with Crippen LogP contribution in [-0.4, -0.2) is 65.5 Å². The summed E-state index contributed by atoms with van der Waals surface area (Å²) in [6, 6.07) is 5.16. The average Bonchev–Trinajstić information content (AvgIpc) is 3.50. The summed E-state index contributed by atoms with van der Waals surface area (Å²) in [5, 5.41) is 7.62. The number of carbonyl (C=O) groups excluding carboxylic acids is 1. The van der Waals surface area contributed by atoms with Gasteiger partial charge < -0.3 is 14.2 Å². The van der Waals surface area contributed by atoms with E-state index < -0.39 is 21.4 Å². The van der Waals surface area contributed by atoms with Crippen LogP contribution in [-0.2, 0) is 19.6 Å². The fraction of sp³-hybridized carbons (Fsp3) is 0.435. The third kappa shape index (κ3) is 5.38. The van der Waals surface area contributed by atoms with E-state index in [0.717, 1.165) is 0 Å². The monoisotopic (exact) mass is 550 g/mol. The second kappa shape index (κ2) is 11.0. The number of nitrogens with one attached hydrogen (secondary N) is 1. The third-order valence-corrected chi connectivity index (χ3v) is 8.11. The number of nitrogens with zero attached hydrogens (tertiary/aromatic N) is 5. The highest BCUT2D eigenvalue weighted by atomic mass is 35.5. The van der Waals surface area contributed by atoms with Gasteiger partial charge in [0.05, 0.1) is 19.2 Å². The zero-order valence-corrected chi connectivity index (χ0v) is 22.3. The maximum atomic E-state index is 13.5. The number of rotatable bonds is 10. The predicted octanol–water partition coefficient (Wildman–Crippen LogP) is 3.08. The summed E-state index contributed by atoms with van der Waals surface area (Å²) in [5.74, 6) is 1.15. The Hall–Kier alpha value is -3.29. The molecule has 37 heavy (non-hydrogen) atoms. The van der Waals surface area contributed by atoms with Crippen LogP contribution in [0.5, 0.6) is 11.5 Å². The van der Waals surface area contributed by atoms with Crippen LogP contribution in [0, 0.1) is 0 Å². The maximum absolute atomic E-state index is 13.5. The molecule has 2 aromatic heterocycles. The van der Waals surface area contributed by atoms with Crippen LogP contribution in [0.3, 0.4) is 0 Å². The first kappa shape index (κ1) is 26.8. The number of hydrogen-bond acceptors (Lipinski definition) is 10. The van der Waals surface area contributed by atoms with Crippen LogP contribution in [0.4, 0.5) is 5.95 Å². The molecular formula is C23H27ClN6O6S. The third-order valence-electron chi connectivity index (χ3n) is 6.22. The standard InChI is InChI=1S/C23H27ClN6O6S/c1-13(20(36-4)21-25-11-15(24)12-26-21)37(32,33)29-23-28-27-22(14-8-9-16(31)10-14)30(23)19-17(34-2)6-5-7-18(19)35-3/h5-7,11-14,20H,8-10H2,1-4H3,(H,28,29)/t13?,14-,20?/m1/s1. The smallest absolute Gasteiger partial charge is 0.243 e. The van der Waals surface area contributed by atoms with Crippen LogP contribution in [0.25, 0.3) is 5.69 Å². The van der Waals surface area contributed by atoms with Gasteiger partial charge in [-0.05, 0) is 25.5 Å². The van der Waals surface area contributed by atoms with E-state index in [9.17, 15) is 13.2 Å². The van der Waals surface area contributed by atoms with Gasteiger partial charge >= 0.3 is 0 Å². The van der Waals surface area contributed by atoms with E-state index in [1.807, 2.05) is 0 Å². The summed E-state index contributed by atoms with van der Waals surface area (Å²) in [6.45, 7) is 1.47. The molecule has 0 radical (unpaired) electrons. The molecule has 1 aliphatic rings. The van der Waals surface area contributed by atoms with Gasteiger partial charge in [0.25, 0.3) is 0 Å². The summed E-state index contributed by atoms with van der Waals surface area (Å²) < 4.78 is 47.7. The molecule has 0 spiro atoms. The molecule has 12 nitrogen and oxygen atoms in total. The predicted molar refractivity (Wildman–Crippen MR) is 135 cm³/mol. The van der Waals surface area contributed by atoms with Gasteiger partial charge in [0.15, 0.2) is 5.82 Å². The van der Waals surface area contributed by atoms with Gasteiger partial charge in [-0.15, -0.1) is 10.2 Å². The zero-order valence-electron chi connectivity index (χ0n) is 20.7. The number of aromatic nitrogens is 5. The average molecular weight is 551 g/mol. The number of para-hydroxylation sites is 1. The van der Waals surface area contributed by atoms with E-state index >= 15 is 0 Å². The van der Waals surface area contributed by atoms with Gasteiger partial charge in [0.2, 0.25) is 16.0 Å². The number of methoxy groups -OCH3 is 3. The molecule has 2 heterocycles. The Morgan fingerprint density at radius 2 is 1.76 bits per heavy atom. The molecule has 14 heteroatoms. The van der Waals surface area contributed by atoms with E-state index in [1.54, 1.807) is 18.2 Å². The number of benzene rings is 1. The topological polar surface area (TPSA) is 147 Å². The summed E-state index contributed by atoms with van der Waals surface area (Å²) in [4.78, 5) is 20.3. The van der Waals surface area contributed by atoms with Crippen molar-refractivity contribution in [3.8, 4) is 17.2 Å². The number of carbonyl (C=O) groups is 1. The highest BCUT2D eigenvalue weighted by Gasteiger charge is 2.36. The van der Waals surface area contributed by atoms with Crippen LogP contribution < -0.4 is 14.2 Å². The Bertz CT molecular complexity index is 1360. The van der Waals surface area contributed by atoms with Gasteiger partial charge in [0.1, 0.15) is 40.1 Å². The van der Waals surface area contributed by atoms with Crippen LogP contribution >= 0.6 is 11.6 Å². The largest absolute Gasteiger partial charge is 0.494 e. The fourth-order valence-corrected chi connectivity index (χ4v) is 5.52. The lowest BCUT2D eigenvalue weighted by Gasteiger charge is -2.23. The molecule has 0 amide bonds. The highest BCUT2D eigenvalue weighted by Crippen LogP contribution is 2.40. The Balaban J connectivity index is 1.79. The van der Waals surface area contributed by atoms with Crippen molar-refractivity contribution in [3.05, 3.63) is 47.3 Å². The molecule has 0 bridgehead atoms. The SMILES string of the molecule is COc1cccc(OC)c1-n1c(NS(=O)(=O)C(C)C(OC)c2ncc(Cl)cn2)nnc1[C@@H]1CCC(=O)C1. The van der Waals surface area contributed by atoms with Crippen molar-refractivity contribution in [2.45, 2.75) is 43.5 Å². The van der Waals surface area contributed by atoms with Crippen molar-refractivity contribution in [1.82, 2.24) is 24.7 Å². The van der Waals surface area contributed by atoms with Crippen LogP contribution in [0.1, 0.15) is 49.9 Å². The Morgan fingerprint density at radius 1 is 1.11 bits per heavy atom. The van der Waals surface area contributed by atoms with Crippen molar-refractivity contribution in [2.75, 3.05) is 26.1 Å². The van der Waals surface area contributed by atoms with Gasteiger partial charge in [-0.25, -0.2) is 18.4 Å².